The van der Waals surface area contributed by atoms with E-state index in [1.54, 1.807) is 0 Å². The van der Waals surface area contributed by atoms with Crippen molar-refractivity contribution >= 4 is 21.9 Å². The number of benzene rings is 9. The monoisotopic (exact) mass is 989 g/mol. The Morgan fingerprint density at radius 2 is 0.831 bits per heavy atom. The van der Waals surface area contributed by atoms with E-state index in [9.17, 15) is 2.74 Å². The predicted octanol–water partition coefficient (Wildman–Crippen LogP) is 20.1. The second-order valence-corrected chi connectivity index (χ2v) is 21.4. The van der Waals surface area contributed by atoms with Crippen molar-refractivity contribution in [2.45, 2.75) is 63.2 Å². The molecule has 0 aliphatic heterocycles. The maximum Gasteiger partial charge on any atom is 0.160 e. The van der Waals surface area contributed by atoms with Gasteiger partial charge in [0.2, 0.25) is 0 Å². The van der Waals surface area contributed by atoms with Crippen LogP contribution in [0.15, 0.2) is 217 Å². The minimum absolute atomic E-state index is 0.585. The van der Waals surface area contributed by atoms with Crippen LogP contribution in [0.3, 0.4) is 0 Å². The number of nitrogens with zero attached hydrogens (tertiary/aromatic N) is 3. The lowest BCUT2D eigenvalue weighted by Gasteiger charge is -2.26. The van der Waals surface area contributed by atoms with Crippen LogP contribution < -0.4 is 0 Å². The van der Waals surface area contributed by atoms with Crippen molar-refractivity contribution < 1.29 is 7.16 Å². The summed E-state index contributed by atoms with van der Waals surface area (Å²) in [6, 6.07) is 72.3. The SMILES string of the molecule is [2H]C1(c2cc3c(cc2-c2ncc(C4([2H])CCCC4)c(-c4ccc5c(c4)-c4ccccc4-c4ccccc4-c4cc(-c6cccc7c6oc6ccccc67)ccc4-5)n2)-c2ccccc2-c2ccccc2-c2ncccc2-3)CCCC1. The van der Waals surface area contributed by atoms with Crippen LogP contribution in [0.4, 0.5) is 0 Å². The molecule has 4 aliphatic rings. The van der Waals surface area contributed by atoms with Crippen LogP contribution in [0, 0.1) is 0 Å². The molecule has 0 amide bonds. The molecule has 77 heavy (non-hydrogen) atoms. The molecule has 4 heteroatoms. The minimum atomic E-state index is -0.847. The highest BCUT2D eigenvalue weighted by Gasteiger charge is 2.31. The van der Waals surface area contributed by atoms with E-state index in [1.165, 1.54) is 11.1 Å². The smallest absolute Gasteiger partial charge is 0.160 e. The zero-order chi connectivity index (χ0) is 52.4. The summed E-state index contributed by atoms with van der Waals surface area (Å²) in [6.45, 7) is 0. The lowest BCUT2D eigenvalue weighted by molar-refractivity contribution is 0.670. The summed E-state index contributed by atoms with van der Waals surface area (Å²) in [6.07, 6.45) is 10.8. The first kappa shape index (κ1) is 42.3. The number of hydrogen-bond acceptors (Lipinski definition) is 4. The summed E-state index contributed by atoms with van der Waals surface area (Å²) in [5.74, 6) is -1.10. The van der Waals surface area contributed by atoms with Gasteiger partial charge in [0.25, 0.3) is 0 Å². The molecule has 0 bridgehead atoms. The number of hydrogen-bond donors (Lipinski definition) is 0. The first-order valence-electron chi connectivity index (χ1n) is 28.5. The highest BCUT2D eigenvalue weighted by Crippen LogP contribution is 2.53. The van der Waals surface area contributed by atoms with Crippen molar-refractivity contribution in [3.8, 4) is 123 Å². The zero-order valence-electron chi connectivity index (χ0n) is 44.6. The Labute approximate surface area is 451 Å². The van der Waals surface area contributed by atoms with Gasteiger partial charge in [-0.05, 0) is 163 Å². The number of aromatic nitrogens is 3. The van der Waals surface area contributed by atoms with Crippen LogP contribution in [0.25, 0.3) is 145 Å². The van der Waals surface area contributed by atoms with E-state index in [0.29, 0.717) is 5.82 Å². The fraction of sp³-hybridized carbons (Fsp3) is 0.137. The molecule has 2 saturated carbocycles. The average Bonchev–Trinajstić information content (AvgIpc) is 4.39. The van der Waals surface area contributed by atoms with Crippen molar-refractivity contribution in [2.75, 3.05) is 0 Å². The van der Waals surface area contributed by atoms with Crippen LogP contribution in [0.2, 0.25) is 0 Å². The third-order valence-corrected chi connectivity index (χ3v) is 17.2. The minimum Gasteiger partial charge on any atom is -0.455 e. The Morgan fingerprint density at radius 3 is 1.49 bits per heavy atom. The maximum absolute atomic E-state index is 10.3. The van der Waals surface area contributed by atoms with Gasteiger partial charge in [-0.1, -0.05) is 189 Å². The van der Waals surface area contributed by atoms with Gasteiger partial charge in [-0.2, -0.15) is 0 Å². The van der Waals surface area contributed by atoms with Gasteiger partial charge in [-0.15, -0.1) is 0 Å². The van der Waals surface area contributed by atoms with E-state index in [0.717, 1.165) is 190 Å². The van der Waals surface area contributed by atoms with E-state index in [2.05, 4.69) is 182 Å². The van der Waals surface area contributed by atoms with Gasteiger partial charge in [0.1, 0.15) is 11.2 Å². The van der Waals surface area contributed by atoms with Gasteiger partial charge in [0.15, 0.2) is 5.82 Å². The average molecular weight is 990 g/mol. The summed E-state index contributed by atoms with van der Waals surface area (Å²) in [4.78, 5) is 16.2. The van der Waals surface area contributed by atoms with Gasteiger partial charge >= 0.3 is 0 Å². The summed E-state index contributed by atoms with van der Waals surface area (Å²) in [5, 5.41) is 2.22. The van der Waals surface area contributed by atoms with E-state index in [4.69, 9.17) is 19.4 Å². The highest BCUT2D eigenvalue weighted by molar-refractivity contribution is 6.11. The summed E-state index contributed by atoms with van der Waals surface area (Å²) in [5.41, 5.74) is 26.1. The molecular weight excluding hydrogens is 935 g/mol. The Balaban J connectivity index is 0.924. The van der Waals surface area contributed by atoms with Crippen LogP contribution >= 0.6 is 0 Å². The van der Waals surface area contributed by atoms with Crippen LogP contribution in [-0.2, 0) is 0 Å². The summed E-state index contributed by atoms with van der Waals surface area (Å²) >= 11 is 0. The van der Waals surface area contributed by atoms with Gasteiger partial charge in [0, 0.05) is 53.7 Å². The van der Waals surface area contributed by atoms with Crippen molar-refractivity contribution in [1.29, 1.82) is 0 Å². The number of furan rings is 1. The van der Waals surface area contributed by atoms with Crippen molar-refractivity contribution in [2.24, 2.45) is 0 Å². The molecule has 0 spiro atoms. The zero-order valence-corrected chi connectivity index (χ0v) is 42.6. The fourth-order valence-corrected chi connectivity index (χ4v) is 13.6. The van der Waals surface area contributed by atoms with E-state index in [1.807, 2.05) is 30.6 Å². The molecule has 0 saturated heterocycles. The first-order chi connectivity index (χ1) is 38.9. The topological polar surface area (TPSA) is 51.8 Å². The lowest BCUT2D eigenvalue weighted by atomic mass is 9.79. The quantitative estimate of drug-likeness (QED) is 0.172. The predicted molar refractivity (Wildman–Crippen MR) is 316 cm³/mol. The van der Waals surface area contributed by atoms with Crippen molar-refractivity contribution in [3.05, 3.63) is 224 Å². The van der Waals surface area contributed by atoms with E-state index in [-0.39, 0.29) is 0 Å². The van der Waals surface area contributed by atoms with Crippen LogP contribution in [0.1, 0.15) is 77.0 Å². The normalized spacial score (nSPS) is 15.7. The molecule has 0 atom stereocenters. The van der Waals surface area contributed by atoms with Gasteiger partial charge in [0.05, 0.1) is 11.4 Å². The lowest BCUT2D eigenvalue weighted by Crippen LogP contribution is -2.06. The molecule has 12 aromatic rings. The van der Waals surface area contributed by atoms with E-state index >= 15 is 0 Å². The molecule has 4 aliphatic carbocycles. The first-order valence-corrected chi connectivity index (χ1v) is 27.5. The molecule has 0 radical (unpaired) electrons. The molecule has 9 aromatic carbocycles. The fourth-order valence-electron chi connectivity index (χ4n) is 13.6. The molecule has 3 heterocycles. The molecule has 3 aromatic heterocycles. The molecule has 0 unspecified atom stereocenters. The largest absolute Gasteiger partial charge is 0.455 e. The second kappa shape index (κ2) is 17.8. The molecule has 0 N–H and O–H groups in total. The number of fused-ring (bicyclic) bond motifs is 19. The molecule has 2 fully saturated rings. The molecule has 16 rings (SSSR count). The Kier molecular flexibility index (Phi) is 9.78. The number of rotatable bonds is 5. The van der Waals surface area contributed by atoms with E-state index < -0.39 is 11.8 Å². The molecular formula is C73H53N3O. The van der Waals surface area contributed by atoms with Crippen molar-refractivity contribution in [3.63, 3.8) is 0 Å². The Hall–Kier alpha value is -8.99. The standard InChI is InChI=1S/C73H53N3O/c1-2-18-44(17-1)62-41-66-60-32-16-38-74-71(60)59-29-12-11-24-52(59)51-23-7-10-27-55(51)65(66)42-67(62)73-75-43-68(45-19-3-4-20-45)70(76-73)47-35-37-57-56-36-34-46(48-30-15-31-61-58-28-13-14-33-69(58)77-72(48)61)39-63(56)53-25-8-5-21-49(53)50-22-6-9-26-54(50)64(57)40-47/h5-16,21-45H,1-4,17-20H2/i44D,45D. The number of para-hydroxylation sites is 2. The third kappa shape index (κ3) is 7.08. The van der Waals surface area contributed by atoms with Crippen molar-refractivity contribution in [1.82, 2.24) is 15.0 Å². The Bertz CT molecular complexity index is 4500. The summed E-state index contributed by atoms with van der Waals surface area (Å²) in [7, 11) is 0. The van der Waals surface area contributed by atoms with Crippen LogP contribution in [0.5, 0.6) is 0 Å². The van der Waals surface area contributed by atoms with Crippen LogP contribution in [-0.4, -0.2) is 15.0 Å². The third-order valence-electron chi connectivity index (χ3n) is 17.2. The van der Waals surface area contributed by atoms with Gasteiger partial charge in [-0.3, -0.25) is 4.98 Å². The molecule has 4 nitrogen and oxygen atoms in total. The van der Waals surface area contributed by atoms with Gasteiger partial charge in [-0.25, -0.2) is 9.97 Å². The van der Waals surface area contributed by atoms with Gasteiger partial charge < -0.3 is 4.42 Å². The highest BCUT2D eigenvalue weighted by atomic mass is 16.3. The maximum atomic E-state index is 10.3. The number of pyridine rings is 1. The Morgan fingerprint density at radius 1 is 0.351 bits per heavy atom. The summed E-state index contributed by atoms with van der Waals surface area (Å²) < 4.78 is 27.1. The second-order valence-electron chi connectivity index (χ2n) is 21.4. The molecule has 366 valence electrons.